The minimum atomic E-state index is -0.546. The van der Waals surface area contributed by atoms with Crippen LogP contribution >= 0.6 is 15.9 Å². The molecule has 7 nitrogen and oxygen atoms in total. The van der Waals surface area contributed by atoms with Gasteiger partial charge in [-0.05, 0) is 57.9 Å². The second kappa shape index (κ2) is 8.35. The molecular formula is C20H18BrNO6. The molecular weight excluding hydrogens is 430 g/mol. The number of esters is 1. The fourth-order valence-corrected chi connectivity index (χ4v) is 3.22. The van der Waals surface area contributed by atoms with Crippen molar-refractivity contribution in [1.82, 2.24) is 0 Å². The molecule has 0 saturated heterocycles. The average Bonchev–Trinajstić information content (AvgIpc) is 3.07. The Bertz CT molecular complexity index is 958. The summed E-state index contributed by atoms with van der Waals surface area (Å²) in [5, 5.41) is 0. The Hall–Kier alpha value is -3.00. The van der Waals surface area contributed by atoms with Crippen molar-refractivity contribution in [1.29, 1.82) is 0 Å². The predicted molar refractivity (Wildman–Crippen MR) is 107 cm³/mol. The molecule has 0 aliphatic carbocycles. The summed E-state index contributed by atoms with van der Waals surface area (Å²) in [6, 6.07) is 8.74. The van der Waals surface area contributed by atoms with Gasteiger partial charge in [0.2, 0.25) is 11.6 Å². The summed E-state index contributed by atoms with van der Waals surface area (Å²) in [5.74, 6) is 1.75. The first-order chi connectivity index (χ1) is 13.5. The number of carbonyl (C=O) groups excluding carboxylic acids is 1. The van der Waals surface area contributed by atoms with Gasteiger partial charge in [-0.25, -0.2) is 9.79 Å². The summed E-state index contributed by atoms with van der Waals surface area (Å²) in [6.45, 7) is 0. The first-order valence-electron chi connectivity index (χ1n) is 8.17. The van der Waals surface area contributed by atoms with Crippen LogP contribution in [0.1, 0.15) is 11.1 Å². The van der Waals surface area contributed by atoms with E-state index in [1.165, 1.54) is 21.3 Å². The van der Waals surface area contributed by atoms with Gasteiger partial charge in [-0.15, -0.1) is 0 Å². The fraction of sp³-hybridized carbons (Fsp3) is 0.200. The number of aliphatic imine (C=N–C) groups is 1. The van der Waals surface area contributed by atoms with Crippen LogP contribution < -0.4 is 18.9 Å². The molecule has 1 aliphatic heterocycles. The lowest BCUT2D eigenvalue weighted by Gasteiger charge is -2.12. The van der Waals surface area contributed by atoms with Gasteiger partial charge < -0.3 is 23.7 Å². The zero-order chi connectivity index (χ0) is 20.3. The van der Waals surface area contributed by atoms with E-state index in [1.54, 1.807) is 43.5 Å². The van der Waals surface area contributed by atoms with E-state index >= 15 is 0 Å². The molecule has 0 unspecified atom stereocenters. The Balaban J connectivity index is 1.98. The lowest BCUT2D eigenvalue weighted by Crippen LogP contribution is -2.05. The molecule has 0 aromatic heterocycles. The van der Waals surface area contributed by atoms with Gasteiger partial charge in [0.25, 0.3) is 0 Å². The van der Waals surface area contributed by atoms with Crippen molar-refractivity contribution in [3.63, 3.8) is 0 Å². The first kappa shape index (κ1) is 19.8. The van der Waals surface area contributed by atoms with Crippen LogP contribution in [0, 0.1) is 0 Å². The van der Waals surface area contributed by atoms with Crippen LogP contribution in [0.4, 0.5) is 0 Å². The van der Waals surface area contributed by atoms with E-state index in [9.17, 15) is 4.79 Å². The van der Waals surface area contributed by atoms with Crippen molar-refractivity contribution >= 4 is 33.9 Å². The second-order valence-corrected chi connectivity index (χ2v) is 6.50. The van der Waals surface area contributed by atoms with Crippen molar-refractivity contribution in [2.75, 3.05) is 28.4 Å². The molecule has 0 amide bonds. The van der Waals surface area contributed by atoms with Crippen molar-refractivity contribution in [2.45, 2.75) is 0 Å². The summed E-state index contributed by atoms with van der Waals surface area (Å²) < 4.78 is 27.2. The van der Waals surface area contributed by atoms with E-state index in [2.05, 4.69) is 20.9 Å². The molecule has 1 heterocycles. The predicted octanol–water partition coefficient (Wildman–Crippen LogP) is 3.83. The van der Waals surface area contributed by atoms with Crippen LogP contribution in [0.3, 0.4) is 0 Å². The van der Waals surface area contributed by atoms with Gasteiger partial charge in [0, 0.05) is 5.56 Å². The highest BCUT2D eigenvalue weighted by atomic mass is 79.9. The summed E-state index contributed by atoms with van der Waals surface area (Å²) >= 11 is 3.41. The van der Waals surface area contributed by atoms with Crippen molar-refractivity contribution in [3.8, 4) is 23.0 Å². The second-order valence-electron chi connectivity index (χ2n) is 5.64. The number of halogens is 1. The Kier molecular flexibility index (Phi) is 5.89. The number of benzene rings is 2. The monoisotopic (exact) mass is 447 g/mol. The van der Waals surface area contributed by atoms with Crippen LogP contribution in [0.15, 0.2) is 45.5 Å². The standard InChI is InChI=1S/C20H18BrNO6/c1-24-15-6-5-12(10-13(15)21)19-22-14(20(23)28-19)7-11-8-16(25-2)18(27-4)17(9-11)26-3/h5-10H,1-4H3. The number of carbonyl (C=O) groups is 1. The van der Waals surface area contributed by atoms with Gasteiger partial charge in [0.1, 0.15) is 5.75 Å². The minimum Gasteiger partial charge on any atom is -0.496 e. The van der Waals surface area contributed by atoms with Gasteiger partial charge in [-0.3, -0.25) is 0 Å². The zero-order valence-corrected chi connectivity index (χ0v) is 17.3. The lowest BCUT2D eigenvalue weighted by molar-refractivity contribution is -0.129. The molecule has 0 N–H and O–H groups in total. The van der Waals surface area contributed by atoms with Gasteiger partial charge >= 0.3 is 5.97 Å². The maximum absolute atomic E-state index is 12.3. The lowest BCUT2D eigenvalue weighted by atomic mass is 10.1. The Morgan fingerprint density at radius 1 is 0.929 bits per heavy atom. The molecule has 1 aliphatic rings. The Labute approximate surface area is 170 Å². The third-order valence-corrected chi connectivity index (χ3v) is 4.63. The van der Waals surface area contributed by atoms with E-state index in [0.29, 0.717) is 34.1 Å². The van der Waals surface area contributed by atoms with Gasteiger partial charge in [-0.2, -0.15) is 0 Å². The van der Waals surface area contributed by atoms with E-state index in [0.717, 1.165) is 4.47 Å². The molecule has 2 aromatic rings. The van der Waals surface area contributed by atoms with Crippen LogP contribution in [-0.4, -0.2) is 40.3 Å². The van der Waals surface area contributed by atoms with E-state index in [1.807, 2.05) is 0 Å². The first-order valence-corrected chi connectivity index (χ1v) is 8.96. The molecule has 0 fully saturated rings. The van der Waals surface area contributed by atoms with E-state index < -0.39 is 5.97 Å². The third kappa shape index (κ3) is 3.82. The zero-order valence-electron chi connectivity index (χ0n) is 15.7. The highest BCUT2D eigenvalue weighted by Gasteiger charge is 2.25. The topological polar surface area (TPSA) is 75.6 Å². The Morgan fingerprint density at radius 3 is 2.11 bits per heavy atom. The van der Waals surface area contributed by atoms with Gasteiger partial charge in [-0.1, -0.05) is 0 Å². The third-order valence-electron chi connectivity index (χ3n) is 4.01. The van der Waals surface area contributed by atoms with Crippen molar-refractivity contribution in [2.24, 2.45) is 4.99 Å². The minimum absolute atomic E-state index is 0.163. The number of methoxy groups -OCH3 is 4. The summed E-state index contributed by atoms with van der Waals surface area (Å²) in [4.78, 5) is 16.6. The van der Waals surface area contributed by atoms with Gasteiger partial charge in [0.15, 0.2) is 17.2 Å². The summed E-state index contributed by atoms with van der Waals surface area (Å²) in [6.07, 6.45) is 1.60. The summed E-state index contributed by atoms with van der Waals surface area (Å²) in [7, 11) is 6.15. The van der Waals surface area contributed by atoms with Crippen LogP contribution in [0.2, 0.25) is 0 Å². The molecule has 0 spiro atoms. The van der Waals surface area contributed by atoms with Gasteiger partial charge in [0.05, 0.1) is 32.9 Å². The number of hydrogen-bond donors (Lipinski definition) is 0. The molecule has 0 bridgehead atoms. The number of cyclic esters (lactones) is 1. The maximum Gasteiger partial charge on any atom is 0.363 e. The number of hydrogen-bond acceptors (Lipinski definition) is 7. The maximum atomic E-state index is 12.3. The largest absolute Gasteiger partial charge is 0.496 e. The van der Waals surface area contributed by atoms with Crippen LogP contribution in [0.5, 0.6) is 23.0 Å². The molecule has 146 valence electrons. The number of nitrogens with zero attached hydrogens (tertiary/aromatic N) is 1. The highest BCUT2D eigenvalue weighted by Crippen LogP contribution is 2.39. The molecule has 0 atom stereocenters. The molecule has 0 saturated carbocycles. The molecule has 3 rings (SSSR count). The van der Waals surface area contributed by atoms with Crippen molar-refractivity contribution in [3.05, 3.63) is 51.6 Å². The molecule has 8 heteroatoms. The molecule has 28 heavy (non-hydrogen) atoms. The average molecular weight is 448 g/mol. The number of rotatable bonds is 6. The van der Waals surface area contributed by atoms with E-state index in [-0.39, 0.29) is 11.6 Å². The smallest absolute Gasteiger partial charge is 0.363 e. The van der Waals surface area contributed by atoms with E-state index in [4.69, 9.17) is 23.7 Å². The highest BCUT2D eigenvalue weighted by molar-refractivity contribution is 9.10. The quantitative estimate of drug-likeness (QED) is 0.494. The van der Waals surface area contributed by atoms with Crippen LogP contribution in [0.25, 0.3) is 6.08 Å². The normalized spacial score (nSPS) is 14.5. The van der Waals surface area contributed by atoms with Crippen LogP contribution in [-0.2, 0) is 9.53 Å². The van der Waals surface area contributed by atoms with Crippen molar-refractivity contribution < 1.29 is 28.5 Å². The molecule has 0 radical (unpaired) electrons. The fourth-order valence-electron chi connectivity index (χ4n) is 2.67. The summed E-state index contributed by atoms with van der Waals surface area (Å²) in [5.41, 5.74) is 1.47. The number of ether oxygens (including phenoxy) is 5. The SMILES string of the molecule is COc1ccc(C2=NC(=Cc3cc(OC)c(OC)c(OC)c3)C(=O)O2)cc1Br. The molecule has 2 aromatic carbocycles. The Morgan fingerprint density at radius 2 is 1.57 bits per heavy atom.